The van der Waals surface area contributed by atoms with E-state index < -0.39 is 0 Å². The smallest absolute Gasteiger partial charge is 0.265 e. The molecule has 0 unspecified atom stereocenters. The van der Waals surface area contributed by atoms with Gasteiger partial charge in [0, 0.05) is 19.7 Å². The molecule has 1 amide bonds. The maximum absolute atomic E-state index is 11.7. The Morgan fingerprint density at radius 2 is 2.29 bits per heavy atom. The van der Waals surface area contributed by atoms with Crippen LogP contribution in [0.2, 0.25) is 0 Å². The molecule has 1 aromatic heterocycles. The predicted octanol–water partition coefficient (Wildman–Crippen LogP) is 0.923. The summed E-state index contributed by atoms with van der Waals surface area (Å²) in [6.45, 7) is 6.23. The second-order valence-corrected chi connectivity index (χ2v) is 4.22. The van der Waals surface area contributed by atoms with Crippen molar-refractivity contribution in [1.29, 1.82) is 0 Å². The van der Waals surface area contributed by atoms with E-state index in [-0.39, 0.29) is 11.7 Å². The molecule has 0 aliphatic rings. The third-order valence-corrected chi connectivity index (χ3v) is 2.95. The van der Waals surface area contributed by atoms with Gasteiger partial charge in [-0.3, -0.25) is 4.79 Å². The van der Waals surface area contributed by atoms with E-state index in [0.29, 0.717) is 29.8 Å². The molecule has 0 spiro atoms. The lowest BCUT2D eigenvalue weighted by Gasteiger charge is -2.03. The van der Waals surface area contributed by atoms with Gasteiger partial charge < -0.3 is 21.1 Å². The minimum atomic E-state index is -0.205. The highest BCUT2D eigenvalue weighted by Gasteiger charge is 2.15. The fourth-order valence-electron chi connectivity index (χ4n) is 1.18. The van der Waals surface area contributed by atoms with Crippen LogP contribution in [0.1, 0.15) is 23.5 Å². The van der Waals surface area contributed by atoms with E-state index in [2.05, 4.69) is 15.6 Å². The first kappa shape index (κ1) is 13.7. The Morgan fingerprint density at radius 3 is 2.94 bits per heavy atom. The number of rotatable bonds is 7. The molecule has 0 aliphatic carbocycles. The lowest BCUT2D eigenvalue weighted by atomic mass is 10.4. The monoisotopic (exact) mass is 258 g/mol. The second-order valence-electron chi connectivity index (χ2n) is 3.22. The zero-order valence-corrected chi connectivity index (χ0v) is 10.9. The standard InChI is InChI=1S/C10H18N4O2S/c1-3-12-10-14-8(11)7(17-10)9(15)13-5-6-16-4-2/h3-6,11H2,1-2H3,(H,12,14)(H,13,15). The number of thiazole rings is 1. The number of nitrogens with one attached hydrogen (secondary N) is 2. The summed E-state index contributed by atoms with van der Waals surface area (Å²) in [5, 5.41) is 6.42. The van der Waals surface area contributed by atoms with Gasteiger partial charge in [-0.05, 0) is 13.8 Å². The maximum atomic E-state index is 11.7. The normalized spacial score (nSPS) is 10.2. The summed E-state index contributed by atoms with van der Waals surface area (Å²) >= 11 is 1.26. The molecule has 4 N–H and O–H groups in total. The van der Waals surface area contributed by atoms with E-state index in [1.54, 1.807) is 0 Å². The van der Waals surface area contributed by atoms with Gasteiger partial charge in [-0.2, -0.15) is 0 Å². The highest BCUT2D eigenvalue weighted by molar-refractivity contribution is 7.18. The molecule has 1 heterocycles. The summed E-state index contributed by atoms with van der Waals surface area (Å²) in [5.41, 5.74) is 5.67. The molecule has 0 radical (unpaired) electrons. The van der Waals surface area contributed by atoms with E-state index in [4.69, 9.17) is 10.5 Å². The van der Waals surface area contributed by atoms with E-state index in [0.717, 1.165) is 6.54 Å². The molecule has 0 saturated carbocycles. The van der Waals surface area contributed by atoms with Gasteiger partial charge in [-0.1, -0.05) is 11.3 Å². The quantitative estimate of drug-likeness (QED) is 0.633. The van der Waals surface area contributed by atoms with Crippen LogP contribution in [0.25, 0.3) is 0 Å². The molecular formula is C10H18N4O2S. The third-order valence-electron chi connectivity index (χ3n) is 1.92. The Bertz CT molecular complexity index is 367. The summed E-state index contributed by atoms with van der Waals surface area (Å²) < 4.78 is 5.12. The van der Waals surface area contributed by atoms with Crippen LogP contribution in [0.15, 0.2) is 0 Å². The second kappa shape index (κ2) is 7.08. The lowest BCUT2D eigenvalue weighted by Crippen LogP contribution is -2.27. The molecule has 0 atom stereocenters. The molecule has 6 nitrogen and oxygen atoms in total. The highest BCUT2D eigenvalue weighted by Crippen LogP contribution is 2.24. The van der Waals surface area contributed by atoms with E-state index in [9.17, 15) is 4.79 Å². The lowest BCUT2D eigenvalue weighted by molar-refractivity contribution is 0.0927. The summed E-state index contributed by atoms with van der Waals surface area (Å²) in [7, 11) is 0. The average molecular weight is 258 g/mol. The first-order valence-electron chi connectivity index (χ1n) is 5.55. The summed E-state index contributed by atoms with van der Waals surface area (Å²) in [6.07, 6.45) is 0. The van der Waals surface area contributed by atoms with Crippen molar-refractivity contribution < 1.29 is 9.53 Å². The van der Waals surface area contributed by atoms with Crippen LogP contribution in [-0.4, -0.2) is 37.2 Å². The topological polar surface area (TPSA) is 89.3 Å². The fourth-order valence-corrected chi connectivity index (χ4v) is 2.05. The molecule has 0 aromatic carbocycles. The number of anilines is 2. The Labute approximate surface area is 105 Å². The van der Waals surface area contributed by atoms with Crippen LogP contribution in [0.3, 0.4) is 0 Å². The number of nitrogens with zero attached hydrogens (tertiary/aromatic N) is 1. The van der Waals surface area contributed by atoms with Crippen molar-refractivity contribution in [1.82, 2.24) is 10.3 Å². The molecule has 0 saturated heterocycles. The molecule has 0 aliphatic heterocycles. The molecular weight excluding hydrogens is 240 g/mol. The number of hydrogen-bond donors (Lipinski definition) is 3. The number of nitrogen functional groups attached to an aromatic ring is 1. The van der Waals surface area contributed by atoms with Crippen molar-refractivity contribution >= 4 is 28.2 Å². The van der Waals surface area contributed by atoms with Gasteiger partial charge >= 0.3 is 0 Å². The van der Waals surface area contributed by atoms with Crippen LogP contribution in [0.5, 0.6) is 0 Å². The molecule has 1 aromatic rings. The van der Waals surface area contributed by atoms with Gasteiger partial charge in [-0.25, -0.2) is 4.98 Å². The number of ether oxygens (including phenoxy) is 1. The van der Waals surface area contributed by atoms with Gasteiger partial charge in [0.05, 0.1) is 6.61 Å². The first-order chi connectivity index (χ1) is 8.19. The third kappa shape index (κ3) is 4.20. The average Bonchev–Trinajstić information content (AvgIpc) is 2.66. The van der Waals surface area contributed by atoms with Crippen LogP contribution in [0, 0.1) is 0 Å². The van der Waals surface area contributed by atoms with Crippen molar-refractivity contribution in [3.05, 3.63) is 4.88 Å². The molecule has 96 valence electrons. The molecule has 0 fully saturated rings. The number of amides is 1. The van der Waals surface area contributed by atoms with Crippen LogP contribution < -0.4 is 16.4 Å². The van der Waals surface area contributed by atoms with Gasteiger partial charge in [0.15, 0.2) is 5.13 Å². The zero-order valence-electron chi connectivity index (χ0n) is 10.1. The molecule has 7 heteroatoms. The van der Waals surface area contributed by atoms with Gasteiger partial charge in [-0.15, -0.1) is 0 Å². The van der Waals surface area contributed by atoms with E-state index >= 15 is 0 Å². The molecule has 1 rings (SSSR count). The maximum Gasteiger partial charge on any atom is 0.265 e. The molecule has 17 heavy (non-hydrogen) atoms. The predicted molar refractivity (Wildman–Crippen MR) is 69.5 cm³/mol. The SMILES string of the molecule is CCNc1nc(N)c(C(=O)NCCOCC)s1. The summed E-state index contributed by atoms with van der Waals surface area (Å²) in [5.74, 6) is 0.0590. The van der Waals surface area contributed by atoms with Crippen LogP contribution in [-0.2, 0) is 4.74 Å². The first-order valence-corrected chi connectivity index (χ1v) is 6.36. The molecule has 0 bridgehead atoms. The Kier molecular flexibility index (Phi) is 5.71. The zero-order chi connectivity index (χ0) is 12.7. The van der Waals surface area contributed by atoms with Crippen LogP contribution >= 0.6 is 11.3 Å². The number of nitrogens with two attached hydrogens (primary N) is 1. The van der Waals surface area contributed by atoms with E-state index in [1.807, 2.05) is 13.8 Å². The fraction of sp³-hybridized carbons (Fsp3) is 0.600. The van der Waals surface area contributed by atoms with Crippen molar-refractivity contribution in [3.8, 4) is 0 Å². The van der Waals surface area contributed by atoms with Gasteiger partial charge in [0.2, 0.25) is 0 Å². The van der Waals surface area contributed by atoms with Crippen molar-refractivity contribution in [2.45, 2.75) is 13.8 Å². The van der Waals surface area contributed by atoms with Crippen molar-refractivity contribution in [2.75, 3.05) is 37.4 Å². The Morgan fingerprint density at radius 1 is 1.53 bits per heavy atom. The van der Waals surface area contributed by atoms with Crippen LogP contribution in [0.4, 0.5) is 10.9 Å². The number of carbonyl (C=O) groups is 1. The number of aromatic nitrogens is 1. The van der Waals surface area contributed by atoms with E-state index in [1.165, 1.54) is 11.3 Å². The largest absolute Gasteiger partial charge is 0.382 e. The van der Waals surface area contributed by atoms with Gasteiger partial charge in [0.1, 0.15) is 10.7 Å². The number of hydrogen-bond acceptors (Lipinski definition) is 6. The highest BCUT2D eigenvalue weighted by atomic mass is 32.1. The Hall–Kier alpha value is -1.34. The van der Waals surface area contributed by atoms with Gasteiger partial charge in [0.25, 0.3) is 5.91 Å². The minimum absolute atomic E-state index is 0.205. The number of carbonyl (C=O) groups excluding carboxylic acids is 1. The summed E-state index contributed by atoms with van der Waals surface area (Å²) in [4.78, 5) is 16.2. The minimum Gasteiger partial charge on any atom is -0.382 e. The summed E-state index contributed by atoms with van der Waals surface area (Å²) in [6, 6.07) is 0. The Balaban J connectivity index is 2.50. The van der Waals surface area contributed by atoms with Crippen molar-refractivity contribution in [3.63, 3.8) is 0 Å². The van der Waals surface area contributed by atoms with Crippen molar-refractivity contribution in [2.24, 2.45) is 0 Å².